The fourth-order valence-electron chi connectivity index (χ4n) is 3.65. The van der Waals surface area contributed by atoms with E-state index in [1.807, 2.05) is 29.2 Å². The van der Waals surface area contributed by atoms with Gasteiger partial charge in [-0.25, -0.2) is 4.39 Å². The van der Waals surface area contributed by atoms with Crippen LogP contribution >= 0.6 is 0 Å². The number of hydrogen-bond acceptors (Lipinski definition) is 3. The van der Waals surface area contributed by atoms with E-state index in [0.29, 0.717) is 18.7 Å². The normalized spacial score (nSPS) is 17.2. The molecule has 1 aromatic carbocycles. The highest BCUT2D eigenvalue weighted by atomic mass is 19.1. The maximum atomic E-state index is 14.2. The Morgan fingerprint density at radius 3 is 2.86 bits per heavy atom. The molecule has 142 valence electrons. The van der Waals surface area contributed by atoms with Crippen molar-refractivity contribution < 1.29 is 9.18 Å². The molecule has 0 spiro atoms. The zero-order valence-electron chi connectivity index (χ0n) is 15.4. The minimum Gasteiger partial charge on any atom is -0.338 e. The third-order valence-electron chi connectivity index (χ3n) is 5.06. The number of piperidine rings is 1. The van der Waals surface area contributed by atoms with Crippen LogP contribution in [0.2, 0.25) is 0 Å². The number of nitrogens with one attached hydrogen (secondary N) is 1. The first kappa shape index (κ1) is 18.1. The topological polar surface area (TPSA) is 61.9 Å². The molecule has 1 aliphatic rings. The van der Waals surface area contributed by atoms with Gasteiger partial charge in [-0.1, -0.05) is 24.3 Å². The Labute approximate surface area is 162 Å². The van der Waals surface area contributed by atoms with Crippen molar-refractivity contribution in [3.05, 3.63) is 78.1 Å². The van der Waals surface area contributed by atoms with Crippen LogP contribution in [0.1, 0.15) is 30.1 Å². The number of rotatable bonds is 4. The number of nitrogens with zero attached hydrogens (tertiary/aromatic N) is 3. The van der Waals surface area contributed by atoms with Gasteiger partial charge in [0.1, 0.15) is 5.82 Å². The van der Waals surface area contributed by atoms with Gasteiger partial charge in [0.25, 0.3) is 0 Å². The average Bonchev–Trinajstić information content (AvgIpc) is 3.23. The molecule has 1 N–H and O–H groups in total. The monoisotopic (exact) mass is 376 g/mol. The van der Waals surface area contributed by atoms with Crippen molar-refractivity contribution >= 4 is 12.0 Å². The minimum atomic E-state index is -0.271. The van der Waals surface area contributed by atoms with E-state index in [1.165, 1.54) is 6.07 Å². The third-order valence-corrected chi connectivity index (χ3v) is 5.06. The molecule has 28 heavy (non-hydrogen) atoms. The van der Waals surface area contributed by atoms with Crippen LogP contribution in [0.3, 0.4) is 0 Å². The number of amides is 1. The van der Waals surface area contributed by atoms with Gasteiger partial charge in [0.05, 0.1) is 11.9 Å². The van der Waals surface area contributed by atoms with Crippen molar-refractivity contribution in [3.63, 3.8) is 0 Å². The quantitative estimate of drug-likeness (QED) is 0.700. The lowest BCUT2D eigenvalue weighted by Crippen LogP contribution is -2.38. The summed E-state index contributed by atoms with van der Waals surface area (Å²) in [6, 6.07) is 12.3. The van der Waals surface area contributed by atoms with E-state index >= 15 is 0 Å². The Hall–Kier alpha value is -3.28. The molecule has 0 unspecified atom stereocenters. The first-order valence-electron chi connectivity index (χ1n) is 9.38. The van der Waals surface area contributed by atoms with Crippen LogP contribution in [-0.2, 0) is 4.79 Å². The summed E-state index contributed by atoms with van der Waals surface area (Å²) in [5, 5.41) is 7.18. The molecule has 1 amide bonds. The van der Waals surface area contributed by atoms with E-state index in [9.17, 15) is 9.18 Å². The molecule has 4 rings (SSSR count). The molecule has 1 atom stereocenters. The number of pyridine rings is 1. The van der Waals surface area contributed by atoms with Crippen LogP contribution in [-0.4, -0.2) is 39.1 Å². The van der Waals surface area contributed by atoms with E-state index in [2.05, 4.69) is 15.2 Å². The average molecular weight is 376 g/mol. The van der Waals surface area contributed by atoms with Crippen molar-refractivity contribution in [3.8, 4) is 11.1 Å². The fraction of sp³-hybridized carbons (Fsp3) is 0.227. The SMILES string of the molecule is O=C(/C=C/c1ccccn1)N1CCC[C@H](c2[nH]ncc2-c2ccccc2F)C1. The summed E-state index contributed by atoms with van der Waals surface area (Å²) in [6.45, 7) is 1.29. The predicted octanol–water partition coefficient (Wildman–Crippen LogP) is 4.03. The van der Waals surface area contributed by atoms with Crippen LogP contribution in [0, 0.1) is 5.82 Å². The van der Waals surface area contributed by atoms with E-state index in [-0.39, 0.29) is 17.6 Å². The second-order valence-corrected chi connectivity index (χ2v) is 6.89. The van der Waals surface area contributed by atoms with Crippen LogP contribution in [0.4, 0.5) is 4.39 Å². The number of halogens is 1. The number of benzene rings is 1. The van der Waals surface area contributed by atoms with E-state index in [1.54, 1.807) is 36.7 Å². The van der Waals surface area contributed by atoms with E-state index < -0.39 is 0 Å². The highest BCUT2D eigenvalue weighted by molar-refractivity contribution is 5.91. The maximum Gasteiger partial charge on any atom is 0.246 e. The second-order valence-electron chi connectivity index (χ2n) is 6.89. The van der Waals surface area contributed by atoms with Crippen molar-refractivity contribution in [1.82, 2.24) is 20.1 Å². The van der Waals surface area contributed by atoms with Gasteiger partial charge in [-0.15, -0.1) is 0 Å². The number of likely N-dealkylation sites (tertiary alicyclic amines) is 1. The molecule has 0 radical (unpaired) electrons. The summed E-state index contributed by atoms with van der Waals surface area (Å²) < 4.78 is 14.2. The fourth-order valence-corrected chi connectivity index (χ4v) is 3.65. The number of carbonyl (C=O) groups is 1. The van der Waals surface area contributed by atoms with E-state index in [0.717, 1.165) is 29.8 Å². The van der Waals surface area contributed by atoms with Crippen LogP contribution in [0.5, 0.6) is 0 Å². The van der Waals surface area contributed by atoms with Gasteiger partial charge >= 0.3 is 0 Å². The van der Waals surface area contributed by atoms with Gasteiger partial charge in [0.15, 0.2) is 0 Å². The summed E-state index contributed by atoms with van der Waals surface area (Å²) in [7, 11) is 0. The van der Waals surface area contributed by atoms with Gasteiger partial charge in [-0.05, 0) is 37.1 Å². The molecule has 0 bridgehead atoms. The van der Waals surface area contributed by atoms with Crippen LogP contribution in [0.25, 0.3) is 17.2 Å². The lowest BCUT2D eigenvalue weighted by Gasteiger charge is -2.32. The molecular formula is C22H21FN4O. The van der Waals surface area contributed by atoms with Gasteiger partial charge in [0, 0.05) is 48.1 Å². The highest BCUT2D eigenvalue weighted by Crippen LogP contribution is 2.34. The van der Waals surface area contributed by atoms with Crippen LogP contribution in [0.15, 0.2) is 60.9 Å². The van der Waals surface area contributed by atoms with Crippen LogP contribution < -0.4 is 0 Å². The first-order chi connectivity index (χ1) is 13.7. The Morgan fingerprint density at radius 2 is 2.04 bits per heavy atom. The zero-order valence-corrected chi connectivity index (χ0v) is 15.4. The smallest absolute Gasteiger partial charge is 0.246 e. The molecule has 3 heterocycles. The van der Waals surface area contributed by atoms with Crippen molar-refractivity contribution in [2.45, 2.75) is 18.8 Å². The van der Waals surface area contributed by atoms with Crippen molar-refractivity contribution in [2.75, 3.05) is 13.1 Å². The van der Waals surface area contributed by atoms with Gasteiger partial charge in [0.2, 0.25) is 5.91 Å². The molecular weight excluding hydrogens is 355 g/mol. The number of aromatic amines is 1. The number of H-pyrrole nitrogens is 1. The van der Waals surface area contributed by atoms with Crippen molar-refractivity contribution in [2.24, 2.45) is 0 Å². The molecule has 3 aromatic rings. The molecule has 1 aliphatic heterocycles. The Bertz CT molecular complexity index is 983. The highest BCUT2D eigenvalue weighted by Gasteiger charge is 2.27. The summed E-state index contributed by atoms with van der Waals surface area (Å²) >= 11 is 0. The van der Waals surface area contributed by atoms with Gasteiger partial charge in [-0.2, -0.15) is 5.10 Å². The molecule has 1 fully saturated rings. The third kappa shape index (κ3) is 3.86. The summed E-state index contributed by atoms with van der Waals surface area (Å²) in [6.07, 6.45) is 8.47. The molecule has 0 aliphatic carbocycles. The van der Waals surface area contributed by atoms with E-state index in [4.69, 9.17) is 0 Å². The number of aromatic nitrogens is 3. The Morgan fingerprint density at radius 1 is 1.18 bits per heavy atom. The lowest BCUT2D eigenvalue weighted by atomic mass is 9.90. The minimum absolute atomic E-state index is 0.0395. The largest absolute Gasteiger partial charge is 0.338 e. The summed E-state index contributed by atoms with van der Waals surface area (Å²) in [5.41, 5.74) is 2.93. The molecule has 1 saturated heterocycles. The maximum absolute atomic E-state index is 14.2. The summed E-state index contributed by atoms with van der Waals surface area (Å²) in [5.74, 6) is -0.215. The molecule has 0 saturated carbocycles. The summed E-state index contributed by atoms with van der Waals surface area (Å²) in [4.78, 5) is 18.7. The lowest BCUT2D eigenvalue weighted by molar-refractivity contribution is -0.127. The predicted molar refractivity (Wildman–Crippen MR) is 106 cm³/mol. The first-order valence-corrected chi connectivity index (χ1v) is 9.38. The van der Waals surface area contributed by atoms with Crippen molar-refractivity contribution in [1.29, 1.82) is 0 Å². The van der Waals surface area contributed by atoms with Gasteiger partial charge in [-0.3, -0.25) is 14.9 Å². The van der Waals surface area contributed by atoms with Gasteiger partial charge < -0.3 is 4.90 Å². The Kier molecular flexibility index (Phi) is 5.28. The number of hydrogen-bond donors (Lipinski definition) is 1. The molecule has 6 heteroatoms. The molecule has 2 aromatic heterocycles. The second kappa shape index (κ2) is 8.17. The Balaban J connectivity index is 1.51. The number of carbonyl (C=O) groups excluding carboxylic acids is 1. The zero-order chi connectivity index (χ0) is 19.3. The molecule has 5 nitrogen and oxygen atoms in total. The standard InChI is InChI=1S/C22H21FN4O/c23-20-9-2-1-8-18(20)19-14-25-26-22(19)16-6-5-13-27(15-16)21(28)11-10-17-7-3-4-12-24-17/h1-4,7-12,14,16H,5-6,13,15H2,(H,25,26)/b11-10+/t16-/m0/s1.